The molecule has 0 spiro atoms. The molecular weight excluding hydrogens is 504 g/mol. The van der Waals surface area contributed by atoms with E-state index in [0.717, 1.165) is 57.0 Å². The highest BCUT2D eigenvalue weighted by molar-refractivity contribution is 6.01. The molecule has 41 heavy (non-hydrogen) atoms. The van der Waals surface area contributed by atoms with Gasteiger partial charge in [0.25, 0.3) is 5.91 Å². The lowest BCUT2D eigenvalue weighted by Crippen LogP contribution is -2.52. The van der Waals surface area contributed by atoms with Gasteiger partial charge < -0.3 is 9.88 Å². The summed E-state index contributed by atoms with van der Waals surface area (Å²) in [7, 11) is 0. The number of fused-ring (bicyclic) bond motifs is 1. The number of piperidine rings is 1. The van der Waals surface area contributed by atoms with Crippen LogP contribution in [0.1, 0.15) is 104 Å². The van der Waals surface area contributed by atoms with Gasteiger partial charge in [-0.3, -0.25) is 14.6 Å². The van der Waals surface area contributed by atoms with Gasteiger partial charge >= 0.3 is 0 Å². The third-order valence-corrected chi connectivity index (χ3v) is 9.85. The molecule has 5 nitrogen and oxygen atoms in total. The summed E-state index contributed by atoms with van der Waals surface area (Å²) in [4.78, 5) is 24.9. The number of hydrogen-bond acceptors (Lipinski definition) is 3. The Balaban J connectivity index is 1.26. The molecule has 2 aromatic carbocycles. The normalized spacial score (nSPS) is 17.6. The minimum Gasteiger partial charge on any atom is -0.350 e. The molecule has 3 heterocycles. The Morgan fingerprint density at radius 3 is 2.12 bits per heavy atom. The Kier molecular flexibility index (Phi) is 10.2. The summed E-state index contributed by atoms with van der Waals surface area (Å²) in [5.41, 5.74) is 7.48. The zero-order chi connectivity index (χ0) is 28.8. The highest BCUT2D eigenvalue weighted by Crippen LogP contribution is 2.34. The number of H-pyrrole nitrogens is 1. The van der Waals surface area contributed by atoms with E-state index >= 15 is 0 Å². The molecule has 1 amide bonds. The van der Waals surface area contributed by atoms with Crippen LogP contribution in [-0.4, -0.2) is 70.9 Å². The lowest BCUT2D eigenvalue weighted by molar-refractivity contribution is 0.0537. The van der Waals surface area contributed by atoms with Crippen LogP contribution in [0.2, 0.25) is 0 Å². The van der Waals surface area contributed by atoms with Gasteiger partial charge in [0.15, 0.2) is 0 Å². The van der Waals surface area contributed by atoms with Crippen molar-refractivity contribution in [1.29, 1.82) is 0 Å². The number of carbonyl (C=O) groups excluding carboxylic acids is 1. The minimum absolute atomic E-state index is 0.180. The lowest BCUT2D eigenvalue weighted by Gasteiger charge is -2.39. The highest BCUT2D eigenvalue weighted by Gasteiger charge is 2.30. The number of para-hydroxylation sites is 1. The molecular formula is C36H52N4O. The van der Waals surface area contributed by atoms with Crippen LogP contribution >= 0.6 is 0 Å². The van der Waals surface area contributed by atoms with Gasteiger partial charge in [0.2, 0.25) is 0 Å². The second kappa shape index (κ2) is 14.0. The van der Waals surface area contributed by atoms with Gasteiger partial charge in [-0.2, -0.15) is 0 Å². The van der Waals surface area contributed by atoms with Crippen molar-refractivity contribution in [1.82, 2.24) is 19.7 Å². The van der Waals surface area contributed by atoms with E-state index in [1.807, 2.05) is 0 Å². The SMILES string of the molecule is CCCCC(CCCC)N1CCN(C(=O)c2[nH]c3ccccc3c2CN2CCC(c3c(C)cccc3C)CC2)CC1. The van der Waals surface area contributed by atoms with Crippen molar-refractivity contribution in [2.45, 2.75) is 97.6 Å². The topological polar surface area (TPSA) is 42.6 Å². The fourth-order valence-electron chi connectivity index (χ4n) is 7.46. The number of nitrogens with zero attached hydrogens (tertiary/aromatic N) is 3. The zero-order valence-corrected chi connectivity index (χ0v) is 26.1. The third-order valence-electron chi connectivity index (χ3n) is 9.85. The van der Waals surface area contributed by atoms with Crippen molar-refractivity contribution in [2.24, 2.45) is 0 Å². The van der Waals surface area contributed by atoms with Crippen LogP contribution in [0.3, 0.4) is 0 Å². The molecule has 2 aliphatic rings. The summed E-state index contributed by atoms with van der Waals surface area (Å²) in [5.74, 6) is 0.811. The van der Waals surface area contributed by atoms with Crippen molar-refractivity contribution in [3.8, 4) is 0 Å². The number of carbonyl (C=O) groups is 1. The van der Waals surface area contributed by atoms with E-state index in [-0.39, 0.29) is 5.91 Å². The van der Waals surface area contributed by atoms with Crippen LogP contribution in [0.4, 0.5) is 0 Å². The van der Waals surface area contributed by atoms with Crippen molar-refractivity contribution < 1.29 is 4.79 Å². The predicted molar refractivity (Wildman–Crippen MR) is 172 cm³/mol. The summed E-state index contributed by atoms with van der Waals surface area (Å²) < 4.78 is 0. The maximum atomic E-state index is 14.0. The van der Waals surface area contributed by atoms with Crippen molar-refractivity contribution >= 4 is 16.8 Å². The van der Waals surface area contributed by atoms with Crippen LogP contribution in [0, 0.1) is 13.8 Å². The molecule has 0 atom stereocenters. The van der Waals surface area contributed by atoms with E-state index in [1.54, 1.807) is 5.56 Å². The van der Waals surface area contributed by atoms with Crippen LogP contribution in [-0.2, 0) is 6.54 Å². The summed E-state index contributed by atoms with van der Waals surface area (Å²) in [6.45, 7) is 15.7. The van der Waals surface area contributed by atoms with Gasteiger partial charge in [-0.1, -0.05) is 75.9 Å². The summed E-state index contributed by atoms with van der Waals surface area (Å²) >= 11 is 0. The zero-order valence-electron chi connectivity index (χ0n) is 26.1. The van der Waals surface area contributed by atoms with Crippen LogP contribution in [0.5, 0.6) is 0 Å². The van der Waals surface area contributed by atoms with Gasteiger partial charge in [-0.05, 0) is 81.3 Å². The Morgan fingerprint density at radius 2 is 1.49 bits per heavy atom. The number of benzene rings is 2. The molecule has 0 unspecified atom stereocenters. The van der Waals surface area contributed by atoms with E-state index in [0.29, 0.717) is 12.0 Å². The average Bonchev–Trinajstić information content (AvgIpc) is 3.36. The second-order valence-electron chi connectivity index (χ2n) is 12.6. The van der Waals surface area contributed by atoms with Crippen LogP contribution in [0.15, 0.2) is 42.5 Å². The van der Waals surface area contributed by atoms with E-state index in [4.69, 9.17) is 0 Å². The summed E-state index contributed by atoms with van der Waals surface area (Å²) in [6, 6.07) is 15.8. The molecule has 0 bridgehead atoms. The maximum Gasteiger partial charge on any atom is 0.270 e. The van der Waals surface area contributed by atoms with E-state index in [1.165, 1.54) is 73.4 Å². The van der Waals surface area contributed by atoms with E-state index in [2.05, 4.69) is 89.8 Å². The first-order valence-corrected chi connectivity index (χ1v) is 16.4. The van der Waals surface area contributed by atoms with Gasteiger partial charge in [-0.25, -0.2) is 0 Å². The molecule has 1 aromatic heterocycles. The number of piperazine rings is 1. The van der Waals surface area contributed by atoms with Crippen LogP contribution < -0.4 is 0 Å². The molecule has 2 aliphatic heterocycles. The number of nitrogens with one attached hydrogen (secondary N) is 1. The van der Waals surface area contributed by atoms with E-state index < -0.39 is 0 Å². The standard InChI is InChI=1S/C36H52N4O/c1-5-7-14-30(15-8-6-2)39-22-24-40(25-23-39)36(41)35-32(31-16-9-10-17-33(31)37-35)26-38-20-18-29(19-21-38)34-27(3)12-11-13-28(34)4/h9-13,16-17,29-30,37H,5-8,14-15,18-26H2,1-4H3. The number of rotatable bonds is 11. The summed E-state index contributed by atoms with van der Waals surface area (Å²) in [5, 5.41) is 1.20. The third kappa shape index (κ3) is 6.89. The average molecular weight is 557 g/mol. The monoisotopic (exact) mass is 556 g/mol. The molecule has 2 saturated heterocycles. The molecule has 222 valence electrons. The largest absolute Gasteiger partial charge is 0.350 e. The molecule has 0 saturated carbocycles. The van der Waals surface area contributed by atoms with Gasteiger partial charge in [0.05, 0.1) is 0 Å². The smallest absolute Gasteiger partial charge is 0.270 e. The van der Waals surface area contributed by atoms with Crippen molar-refractivity contribution in [3.05, 3.63) is 70.4 Å². The fraction of sp³-hybridized carbons (Fsp3) is 0.583. The lowest BCUT2D eigenvalue weighted by atomic mass is 9.84. The number of aryl methyl sites for hydroxylation is 2. The number of aromatic nitrogens is 1. The van der Waals surface area contributed by atoms with Crippen molar-refractivity contribution in [3.63, 3.8) is 0 Å². The Hall–Kier alpha value is -2.63. The van der Waals surface area contributed by atoms with Crippen LogP contribution in [0.25, 0.3) is 10.9 Å². The second-order valence-corrected chi connectivity index (χ2v) is 12.6. The highest BCUT2D eigenvalue weighted by atomic mass is 16.2. The maximum absolute atomic E-state index is 14.0. The Labute approximate surface area is 248 Å². The molecule has 5 heteroatoms. The first kappa shape index (κ1) is 29.8. The quantitative estimate of drug-likeness (QED) is 0.263. The minimum atomic E-state index is 0.180. The van der Waals surface area contributed by atoms with Gasteiger partial charge in [0, 0.05) is 55.2 Å². The molecule has 3 aromatic rings. The fourth-order valence-corrected chi connectivity index (χ4v) is 7.46. The predicted octanol–water partition coefficient (Wildman–Crippen LogP) is 7.67. The Bertz CT molecular complexity index is 1250. The molecule has 0 aliphatic carbocycles. The molecule has 5 rings (SSSR count). The first-order valence-electron chi connectivity index (χ1n) is 16.4. The number of unbranched alkanes of at least 4 members (excludes halogenated alkanes) is 2. The first-order chi connectivity index (χ1) is 20.0. The van der Waals surface area contributed by atoms with Crippen molar-refractivity contribution in [2.75, 3.05) is 39.3 Å². The summed E-state index contributed by atoms with van der Waals surface area (Å²) in [6.07, 6.45) is 10.0. The number of likely N-dealkylation sites (tertiary alicyclic amines) is 1. The van der Waals surface area contributed by atoms with Gasteiger partial charge in [-0.15, -0.1) is 0 Å². The molecule has 0 radical (unpaired) electrons. The number of hydrogen-bond donors (Lipinski definition) is 1. The molecule has 1 N–H and O–H groups in total. The molecule has 2 fully saturated rings. The number of aromatic amines is 1. The number of amides is 1. The van der Waals surface area contributed by atoms with E-state index in [9.17, 15) is 4.79 Å². The van der Waals surface area contributed by atoms with Gasteiger partial charge in [0.1, 0.15) is 5.69 Å². The Morgan fingerprint density at radius 1 is 0.854 bits per heavy atom.